The second-order valence-electron chi connectivity index (χ2n) is 3.72. The van der Waals surface area contributed by atoms with Crippen LogP contribution in [0.3, 0.4) is 0 Å². The Balaban J connectivity index is 2.14. The minimum atomic E-state index is -0.353. The van der Waals surface area contributed by atoms with Crippen molar-refractivity contribution in [2.24, 2.45) is 0 Å². The Morgan fingerprint density at radius 2 is 2.11 bits per heavy atom. The van der Waals surface area contributed by atoms with Gasteiger partial charge in [0.05, 0.1) is 20.3 Å². The van der Waals surface area contributed by atoms with Gasteiger partial charge in [0.1, 0.15) is 6.42 Å². The monoisotopic (exact) mass is 246 g/mol. The average molecular weight is 246 g/mol. The van der Waals surface area contributed by atoms with Crippen LogP contribution in [0.2, 0.25) is 0 Å². The maximum Gasteiger partial charge on any atom is 0.317 e. The van der Waals surface area contributed by atoms with E-state index < -0.39 is 0 Å². The predicted octanol–water partition coefficient (Wildman–Crippen LogP) is 1.65. The van der Waals surface area contributed by atoms with E-state index in [1.54, 1.807) is 0 Å². The van der Waals surface area contributed by atoms with Gasteiger partial charge in [-0.05, 0) is 6.07 Å². The third-order valence-corrected chi connectivity index (χ3v) is 2.52. The first-order valence-corrected chi connectivity index (χ1v) is 5.69. The van der Waals surface area contributed by atoms with E-state index in [4.69, 9.17) is 9.47 Å². The molecular weight excluding hydrogens is 232 g/mol. The summed E-state index contributed by atoms with van der Waals surface area (Å²) in [6.45, 7) is 1.18. The van der Waals surface area contributed by atoms with Crippen LogP contribution in [0.5, 0.6) is 0 Å². The predicted molar refractivity (Wildman–Crippen MR) is 64.6 cm³/mol. The van der Waals surface area contributed by atoms with Gasteiger partial charge in [-0.15, -0.1) is 0 Å². The Labute approximate surface area is 106 Å². The number of benzene rings is 1. The molecule has 0 atom stereocenters. The Bertz CT molecular complexity index is 478. The van der Waals surface area contributed by atoms with E-state index in [0.29, 0.717) is 13.2 Å². The Kier molecular flexibility index (Phi) is 4.35. The van der Waals surface area contributed by atoms with Gasteiger partial charge >= 0.3 is 5.97 Å². The molecule has 0 amide bonds. The first-order chi connectivity index (χ1) is 8.81. The van der Waals surface area contributed by atoms with Gasteiger partial charge in [0.15, 0.2) is 6.29 Å². The van der Waals surface area contributed by atoms with Crippen molar-refractivity contribution in [1.29, 1.82) is 0 Å². The van der Waals surface area contributed by atoms with Gasteiger partial charge in [-0.3, -0.25) is 4.79 Å². The van der Waals surface area contributed by atoms with Gasteiger partial charge in [0, 0.05) is 11.1 Å². The molecule has 1 saturated heterocycles. The molecule has 1 heterocycles. The molecule has 0 aromatic heterocycles. The minimum Gasteiger partial charge on any atom is -0.468 e. The number of methoxy groups -OCH3 is 1. The molecule has 1 aromatic carbocycles. The molecule has 2 rings (SSSR count). The zero-order valence-corrected chi connectivity index (χ0v) is 10.1. The van der Waals surface area contributed by atoms with E-state index >= 15 is 0 Å². The van der Waals surface area contributed by atoms with Crippen molar-refractivity contribution in [2.45, 2.75) is 12.7 Å². The molecule has 94 valence electrons. The lowest BCUT2D eigenvalue weighted by Gasteiger charge is -2.10. The third kappa shape index (κ3) is 3.10. The molecule has 0 N–H and O–H groups in total. The quantitative estimate of drug-likeness (QED) is 0.588. The van der Waals surface area contributed by atoms with E-state index in [1.165, 1.54) is 7.11 Å². The largest absolute Gasteiger partial charge is 0.468 e. The first-order valence-electron chi connectivity index (χ1n) is 5.69. The second-order valence-corrected chi connectivity index (χ2v) is 3.72. The van der Waals surface area contributed by atoms with Gasteiger partial charge in [-0.25, -0.2) is 0 Å². The highest BCUT2D eigenvalue weighted by molar-refractivity contribution is 5.72. The summed E-state index contributed by atoms with van der Waals surface area (Å²) in [6, 6.07) is 7.59. The molecule has 1 aliphatic rings. The van der Waals surface area contributed by atoms with Crippen molar-refractivity contribution in [3.05, 3.63) is 35.4 Å². The van der Waals surface area contributed by atoms with Crippen LogP contribution >= 0.6 is 0 Å². The fourth-order valence-electron chi connectivity index (χ4n) is 1.64. The molecular formula is C14H14O4. The Hall–Kier alpha value is -1.83. The lowest BCUT2D eigenvalue weighted by Crippen LogP contribution is -2.01. The van der Waals surface area contributed by atoms with Gasteiger partial charge in [-0.2, -0.15) is 0 Å². The van der Waals surface area contributed by atoms with Gasteiger partial charge in [0.2, 0.25) is 0 Å². The van der Waals surface area contributed by atoms with Crippen molar-refractivity contribution in [3.8, 4) is 11.8 Å². The average Bonchev–Trinajstić information content (AvgIpc) is 2.93. The normalized spacial score (nSPS) is 14.9. The molecule has 4 heteroatoms. The highest BCUT2D eigenvalue weighted by atomic mass is 16.7. The van der Waals surface area contributed by atoms with Crippen molar-refractivity contribution >= 4 is 5.97 Å². The van der Waals surface area contributed by atoms with Gasteiger partial charge < -0.3 is 14.2 Å². The van der Waals surface area contributed by atoms with E-state index in [1.807, 2.05) is 24.3 Å². The van der Waals surface area contributed by atoms with Crippen LogP contribution < -0.4 is 0 Å². The highest BCUT2D eigenvalue weighted by Crippen LogP contribution is 2.25. The van der Waals surface area contributed by atoms with Crippen LogP contribution in [0.25, 0.3) is 0 Å². The molecule has 0 radical (unpaired) electrons. The molecule has 0 unspecified atom stereocenters. The molecule has 1 aliphatic heterocycles. The van der Waals surface area contributed by atoms with E-state index in [-0.39, 0.29) is 18.7 Å². The van der Waals surface area contributed by atoms with Crippen LogP contribution in [0.15, 0.2) is 24.3 Å². The first kappa shape index (κ1) is 12.6. The fourth-order valence-corrected chi connectivity index (χ4v) is 1.64. The molecule has 0 spiro atoms. The van der Waals surface area contributed by atoms with Crippen molar-refractivity contribution in [2.75, 3.05) is 20.3 Å². The van der Waals surface area contributed by atoms with Crippen LogP contribution in [0.4, 0.5) is 0 Å². The summed E-state index contributed by atoms with van der Waals surface area (Å²) in [5.74, 6) is 5.39. The number of ether oxygens (including phenoxy) is 3. The van der Waals surface area contributed by atoms with Crippen LogP contribution in [-0.2, 0) is 19.0 Å². The molecule has 4 nitrogen and oxygen atoms in total. The summed E-state index contributed by atoms with van der Waals surface area (Å²) in [6.07, 6.45) is -0.273. The van der Waals surface area contributed by atoms with Gasteiger partial charge in [-0.1, -0.05) is 30.0 Å². The number of carbonyl (C=O) groups excluding carboxylic acids is 1. The van der Waals surface area contributed by atoms with E-state index in [0.717, 1.165) is 11.1 Å². The molecule has 0 bridgehead atoms. The van der Waals surface area contributed by atoms with Gasteiger partial charge in [0.25, 0.3) is 0 Å². The van der Waals surface area contributed by atoms with E-state index in [9.17, 15) is 4.79 Å². The van der Waals surface area contributed by atoms with Crippen molar-refractivity contribution < 1.29 is 19.0 Å². The Morgan fingerprint density at radius 3 is 2.83 bits per heavy atom. The highest BCUT2D eigenvalue weighted by Gasteiger charge is 2.20. The summed E-state index contributed by atoms with van der Waals surface area (Å²) < 4.78 is 15.4. The number of esters is 1. The summed E-state index contributed by atoms with van der Waals surface area (Å²) in [4.78, 5) is 11.0. The summed E-state index contributed by atoms with van der Waals surface area (Å²) in [5, 5.41) is 0. The standard InChI is InChI=1S/C14H14O4/c1-16-13(15)8-4-6-11-5-2-3-7-12(11)14-17-9-10-18-14/h2-3,5,7,14H,8-10H2,1H3. The number of carbonyl (C=O) groups is 1. The number of hydrogen-bond donors (Lipinski definition) is 0. The molecule has 0 aliphatic carbocycles. The fraction of sp³-hybridized carbons (Fsp3) is 0.357. The molecule has 1 aromatic rings. The van der Waals surface area contributed by atoms with Crippen LogP contribution in [0, 0.1) is 11.8 Å². The zero-order valence-electron chi connectivity index (χ0n) is 10.1. The van der Waals surface area contributed by atoms with Crippen molar-refractivity contribution in [1.82, 2.24) is 0 Å². The SMILES string of the molecule is COC(=O)CC#Cc1ccccc1C1OCCO1. The molecule has 0 saturated carbocycles. The summed E-state index contributed by atoms with van der Waals surface area (Å²) >= 11 is 0. The van der Waals surface area contributed by atoms with Crippen molar-refractivity contribution in [3.63, 3.8) is 0 Å². The maximum absolute atomic E-state index is 11.0. The maximum atomic E-state index is 11.0. The number of rotatable bonds is 2. The zero-order chi connectivity index (χ0) is 12.8. The lowest BCUT2D eigenvalue weighted by atomic mass is 10.1. The Morgan fingerprint density at radius 1 is 1.39 bits per heavy atom. The lowest BCUT2D eigenvalue weighted by molar-refractivity contribution is -0.139. The summed E-state index contributed by atoms with van der Waals surface area (Å²) in [5.41, 5.74) is 1.71. The smallest absolute Gasteiger partial charge is 0.317 e. The molecule has 1 fully saturated rings. The van der Waals surface area contributed by atoms with Crippen LogP contribution in [-0.4, -0.2) is 26.3 Å². The number of hydrogen-bond acceptors (Lipinski definition) is 4. The minimum absolute atomic E-state index is 0.0806. The second kappa shape index (κ2) is 6.20. The third-order valence-electron chi connectivity index (χ3n) is 2.52. The summed E-state index contributed by atoms with van der Waals surface area (Å²) in [7, 11) is 1.35. The molecule has 18 heavy (non-hydrogen) atoms. The van der Waals surface area contributed by atoms with Crippen LogP contribution in [0.1, 0.15) is 23.8 Å². The van der Waals surface area contributed by atoms with E-state index in [2.05, 4.69) is 16.6 Å². The topological polar surface area (TPSA) is 44.8 Å².